The predicted molar refractivity (Wildman–Crippen MR) is 221 cm³/mol. The Balaban J connectivity index is -0.000000805. The van der Waals surface area contributed by atoms with Crippen molar-refractivity contribution in [2.45, 2.75) is 193 Å². The summed E-state index contributed by atoms with van der Waals surface area (Å²) in [5, 5.41) is 20.4. The quantitative estimate of drug-likeness (QED) is 0.0279. The number of unbranched alkanes of at least 4 members (excludes halogenated alkanes) is 12. The van der Waals surface area contributed by atoms with Gasteiger partial charge in [0.05, 0.1) is 37.4 Å². The average Bonchev–Trinajstić information content (AvgIpc) is 3.14. The number of carboxylic acids is 2. The second kappa shape index (κ2) is 38.9. The average molecular weight is 888 g/mol. The van der Waals surface area contributed by atoms with Gasteiger partial charge in [0.15, 0.2) is 0 Å². The number of aliphatic carboxylic acids is 2. The number of rotatable bonds is 32. The van der Waals surface area contributed by atoms with Crippen molar-refractivity contribution in [3.05, 3.63) is 24.3 Å². The zero-order valence-corrected chi connectivity index (χ0v) is 39.5. The van der Waals surface area contributed by atoms with E-state index < -0.39 is 23.9 Å². The standard InChI is InChI=1S/2C18H32O5.2C4H9.Sn/c2*1-5-6-7-8-9-10-13-22-15(2)18(3,4)14-23-17(21)12-11-16(19)20;2*1-3-4-2;/h2*11-12,15H,5-10,13-14H2,1-4H3,(H,19,20);2*1,3-4H2,2H3;/q;;;;+2/p-2/b2*12-11-;;;. The second-order valence-electron chi connectivity index (χ2n) is 15.5. The van der Waals surface area contributed by atoms with Crippen LogP contribution < -0.4 is 10.2 Å². The fourth-order valence-corrected chi connectivity index (χ4v) is 8.74. The summed E-state index contributed by atoms with van der Waals surface area (Å²) in [5.41, 5.74) is -0.680. The fourth-order valence-electron chi connectivity index (χ4n) is 4.58. The van der Waals surface area contributed by atoms with Crippen LogP contribution in [0.5, 0.6) is 0 Å². The van der Waals surface area contributed by atoms with Crippen molar-refractivity contribution < 1.29 is 48.3 Å². The summed E-state index contributed by atoms with van der Waals surface area (Å²) in [6, 6.07) is 0. The van der Waals surface area contributed by atoms with Crippen LogP contribution in [0.25, 0.3) is 0 Å². The molecule has 0 aliphatic carbocycles. The van der Waals surface area contributed by atoms with Gasteiger partial charge >= 0.3 is 81.5 Å². The van der Waals surface area contributed by atoms with Gasteiger partial charge in [-0.2, -0.15) is 0 Å². The molecule has 10 nitrogen and oxygen atoms in total. The Bertz CT molecular complexity index is 931. The van der Waals surface area contributed by atoms with Gasteiger partial charge in [0.1, 0.15) is 0 Å². The van der Waals surface area contributed by atoms with E-state index in [0.717, 1.165) is 25.0 Å². The van der Waals surface area contributed by atoms with E-state index >= 15 is 0 Å². The van der Waals surface area contributed by atoms with E-state index in [9.17, 15) is 29.4 Å². The molecule has 0 N–H and O–H groups in total. The van der Waals surface area contributed by atoms with Crippen LogP contribution >= 0.6 is 0 Å². The van der Waals surface area contributed by atoms with Crippen LogP contribution in [0, 0.1) is 10.8 Å². The van der Waals surface area contributed by atoms with Crippen molar-refractivity contribution in [1.82, 2.24) is 0 Å². The Morgan fingerprint density at radius 2 is 0.818 bits per heavy atom. The first-order valence-corrected chi connectivity index (χ1v) is 25.1. The first-order valence-electron chi connectivity index (χ1n) is 21.1. The second-order valence-corrected chi connectivity index (χ2v) is 19.8. The Morgan fingerprint density at radius 1 is 0.509 bits per heavy atom. The number of ether oxygens (including phenoxy) is 4. The van der Waals surface area contributed by atoms with Crippen molar-refractivity contribution in [3.8, 4) is 0 Å². The van der Waals surface area contributed by atoms with Gasteiger partial charge in [-0.25, -0.2) is 9.59 Å². The molecule has 0 fully saturated rings. The van der Waals surface area contributed by atoms with Gasteiger partial charge in [0.2, 0.25) is 0 Å². The van der Waals surface area contributed by atoms with E-state index in [-0.39, 0.29) is 57.4 Å². The van der Waals surface area contributed by atoms with Crippen molar-refractivity contribution in [2.24, 2.45) is 10.8 Å². The maximum atomic E-state index is 11.4. The van der Waals surface area contributed by atoms with Gasteiger partial charge in [-0.05, 0) is 38.8 Å². The van der Waals surface area contributed by atoms with Crippen LogP contribution in [-0.4, -0.2) is 83.7 Å². The molecule has 320 valence electrons. The number of hydrogen-bond acceptors (Lipinski definition) is 10. The van der Waals surface area contributed by atoms with Gasteiger partial charge in [0, 0.05) is 36.2 Å². The third-order valence-electron chi connectivity index (χ3n) is 9.23. The van der Waals surface area contributed by atoms with E-state index in [2.05, 4.69) is 27.7 Å². The summed E-state index contributed by atoms with van der Waals surface area (Å²) < 4.78 is 25.0. The minimum absolute atomic E-state index is 0.0592. The summed E-state index contributed by atoms with van der Waals surface area (Å²) in [7, 11) is 0. The topological polar surface area (TPSA) is 151 Å². The predicted octanol–water partition coefficient (Wildman–Crippen LogP) is 8.38. The van der Waals surface area contributed by atoms with Gasteiger partial charge in [-0.15, -0.1) is 0 Å². The van der Waals surface area contributed by atoms with Gasteiger partial charge < -0.3 is 38.7 Å². The molecule has 11 heteroatoms. The molecule has 0 heterocycles. The molecule has 0 amide bonds. The summed E-state index contributed by atoms with van der Waals surface area (Å²) in [6.45, 7) is 22.5. The monoisotopic (exact) mass is 888 g/mol. The summed E-state index contributed by atoms with van der Waals surface area (Å²) >= 11 is 0.149. The fraction of sp³-hybridized carbons (Fsp3) is 0.818. The molecule has 0 spiro atoms. The molecule has 2 atom stereocenters. The summed E-state index contributed by atoms with van der Waals surface area (Å²) in [4.78, 5) is 43.2. The van der Waals surface area contributed by atoms with E-state index in [1.165, 1.54) is 89.9 Å². The molecular weight excluding hydrogens is 807 g/mol. The van der Waals surface area contributed by atoms with Crippen LogP contribution in [0.2, 0.25) is 8.87 Å². The first kappa shape index (κ1) is 57.4. The van der Waals surface area contributed by atoms with Crippen LogP contribution in [0.4, 0.5) is 0 Å². The minimum atomic E-state index is -1.42. The Morgan fingerprint density at radius 3 is 1.13 bits per heavy atom. The van der Waals surface area contributed by atoms with Crippen molar-refractivity contribution in [1.29, 1.82) is 0 Å². The van der Waals surface area contributed by atoms with E-state index in [1.54, 1.807) is 8.87 Å². The molecule has 2 unspecified atom stereocenters. The zero-order valence-electron chi connectivity index (χ0n) is 36.6. The van der Waals surface area contributed by atoms with Crippen molar-refractivity contribution >= 4 is 45.0 Å². The van der Waals surface area contributed by atoms with Crippen molar-refractivity contribution in [3.63, 3.8) is 0 Å². The van der Waals surface area contributed by atoms with E-state index in [0.29, 0.717) is 25.4 Å². The Kier molecular flexibility index (Phi) is 40.6. The zero-order chi connectivity index (χ0) is 42.4. The van der Waals surface area contributed by atoms with E-state index in [4.69, 9.17) is 18.9 Å². The van der Waals surface area contributed by atoms with Gasteiger partial charge in [-0.1, -0.05) is 106 Å². The maximum absolute atomic E-state index is 11.4. The van der Waals surface area contributed by atoms with Gasteiger partial charge in [0.25, 0.3) is 0 Å². The molecule has 0 aliphatic heterocycles. The molecular formula is C44H80O10Sn. The molecule has 0 aromatic carbocycles. The number of hydrogen-bond donors (Lipinski definition) is 0. The Hall–Kier alpha value is -1.92. The number of esters is 2. The summed E-state index contributed by atoms with van der Waals surface area (Å²) in [5.74, 6) is -4.22. The van der Waals surface area contributed by atoms with Gasteiger partial charge in [-0.3, -0.25) is 0 Å². The van der Waals surface area contributed by atoms with Crippen LogP contribution in [0.1, 0.15) is 172 Å². The summed E-state index contributed by atoms with van der Waals surface area (Å²) in [6.07, 6.45) is 23.3. The molecule has 0 radical (unpaired) electrons. The molecule has 0 bridgehead atoms. The van der Waals surface area contributed by atoms with Crippen LogP contribution in [-0.2, 0) is 38.1 Å². The molecule has 0 saturated heterocycles. The number of carboxylic acid groups (broad SMARTS) is 2. The first-order chi connectivity index (χ1) is 26.0. The molecule has 0 aliphatic rings. The molecule has 0 aromatic rings. The molecule has 55 heavy (non-hydrogen) atoms. The number of carbonyl (C=O) groups is 4. The van der Waals surface area contributed by atoms with Crippen LogP contribution in [0.3, 0.4) is 0 Å². The molecule has 0 saturated carbocycles. The molecule has 0 rings (SSSR count). The number of carbonyl (C=O) groups excluding carboxylic acids is 4. The third kappa shape index (κ3) is 41.5. The molecule has 0 aromatic heterocycles. The van der Waals surface area contributed by atoms with Crippen molar-refractivity contribution in [2.75, 3.05) is 26.4 Å². The van der Waals surface area contributed by atoms with Crippen LogP contribution in [0.15, 0.2) is 24.3 Å². The SMILES string of the molecule is CCCCCCCCOC(C)C(C)(C)COC(=O)/C=C\C(=O)[O-].CCCCCCCCOC(C)C(C)(C)COC(=O)/C=C\C(=O)[O-].CCC[CH2][Sn+2][CH2]CCC. The normalized spacial score (nSPS) is 12.5. The van der Waals surface area contributed by atoms with E-state index in [1.807, 2.05) is 41.5 Å². The third-order valence-corrected chi connectivity index (χ3v) is 13.3. The Labute approximate surface area is 346 Å².